The van der Waals surface area contributed by atoms with Crippen molar-refractivity contribution in [3.63, 3.8) is 0 Å². The van der Waals surface area contributed by atoms with Crippen LogP contribution in [0.3, 0.4) is 0 Å². The number of aromatic nitrogens is 1. The van der Waals surface area contributed by atoms with Crippen LogP contribution in [0, 0.1) is 11.3 Å². The molecule has 2 N–H and O–H groups in total. The summed E-state index contributed by atoms with van der Waals surface area (Å²) >= 11 is 0. The van der Waals surface area contributed by atoms with Gasteiger partial charge in [-0.2, -0.15) is 11.2 Å². The van der Waals surface area contributed by atoms with Crippen molar-refractivity contribution in [1.82, 2.24) is 4.98 Å². The molecule has 0 spiro atoms. The largest absolute Gasteiger partial charge is 0.410 e. The first-order chi connectivity index (χ1) is 4.86. The Balaban J connectivity index is 3.01. The zero-order valence-corrected chi connectivity index (χ0v) is 5.11. The van der Waals surface area contributed by atoms with Crippen LogP contribution in [-0.2, 0) is 0 Å². The van der Waals surface area contributed by atoms with Crippen LogP contribution in [-0.4, -0.2) is 4.98 Å². The van der Waals surface area contributed by atoms with Crippen LogP contribution in [0.2, 0.25) is 0 Å². The highest BCUT2D eigenvalue weighted by Crippen LogP contribution is 2.07. The zero-order valence-electron chi connectivity index (χ0n) is 5.11. The number of pyridine rings is 1. The fourth-order valence-corrected chi connectivity index (χ4v) is 0.544. The predicted molar refractivity (Wildman–Crippen MR) is 33.8 cm³/mol. The van der Waals surface area contributed by atoms with E-state index in [1.807, 2.05) is 6.07 Å². The van der Waals surface area contributed by atoms with E-state index < -0.39 is 0 Å². The lowest BCUT2D eigenvalue weighted by Gasteiger charge is -1.94. The van der Waals surface area contributed by atoms with E-state index in [0.717, 1.165) is 0 Å². The second-order valence-electron chi connectivity index (χ2n) is 1.64. The maximum atomic E-state index is 8.37. The molecule has 0 atom stereocenters. The Labute approximate surface area is 57.8 Å². The summed E-state index contributed by atoms with van der Waals surface area (Å²) in [6, 6.07) is 3.41. The van der Waals surface area contributed by atoms with Crippen molar-refractivity contribution < 1.29 is 4.84 Å². The third kappa shape index (κ3) is 1.21. The van der Waals surface area contributed by atoms with Crippen molar-refractivity contribution in [3.8, 4) is 11.8 Å². The lowest BCUT2D eigenvalue weighted by atomic mass is 10.3. The Kier molecular flexibility index (Phi) is 1.83. The van der Waals surface area contributed by atoms with Crippen molar-refractivity contribution in [1.29, 1.82) is 5.26 Å². The molecule has 0 bridgehead atoms. The van der Waals surface area contributed by atoms with Crippen molar-refractivity contribution in [2.45, 2.75) is 0 Å². The van der Waals surface area contributed by atoms with Crippen LogP contribution in [0.15, 0.2) is 18.5 Å². The molecule has 0 aliphatic carbocycles. The zero-order chi connectivity index (χ0) is 7.40. The minimum Gasteiger partial charge on any atom is -0.410 e. The van der Waals surface area contributed by atoms with Gasteiger partial charge < -0.3 is 4.84 Å². The van der Waals surface area contributed by atoms with Crippen LogP contribution in [0.25, 0.3) is 0 Å². The van der Waals surface area contributed by atoms with Gasteiger partial charge in [0.25, 0.3) is 0 Å². The summed E-state index contributed by atoms with van der Waals surface area (Å²) < 4.78 is 0. The smallest absolute Gasteiger partial charge is 0.166 e. The van der Waals surface area contributed by atoms with E-state index in [9.17, 15) is 0 Å². The monoisotopic (exact) mass is 135 g/mol. The number of hydrogen-bond acceptors (Lipinski definition) is 4. The quantitative estimate of drug-likeness (QED) is 0.558. The first-order valence-corrected chi connectivity index (χ1v) is 2.58. The number of nitrogens with zero attached hydrogens (tertiary/aromatic N) is 2. The second-order valence-corrected chi connectivity index (χ2v) is 1.64. The molecule has 1 aromatic heterocycles. The highest BCUT2D eigenvalue weighted by molar-refractivity contribution is 5.31. The molecule has 0 aliphatic rings. The number of nitrogens with two attached hydrogens (primary N) is 1. The van der Waals surface area contributed by atoms with Gasteiger partial charge >= 0.3 is 0 Å². The van der Waals surface area contributed by atoms with Crippen LogP contribution >= 0.6 is 0 Å². The fourth-order valence-electron chi connectivity index (χ4n) is 0.544. The normalized spacial score (nSPS) is 8.40. The number of hydrogen-bond donors (Lipinski definition) is 1. The second kappa shape index (κ2) is 2.80. The molecule has 4 heteroatoms. The maximum Gasteiger partial charge on any atom is 0.166 e. The van der Waals surface area contributed by atoms with E-state index in [1.54, 1.807) is 0 Å². The lowest BCUT2D eigenvalue weighted by Crippen LogP contribution is -2.01. The minimum absolute atomic E-state index is 0.388. The summed E-state index contributed by atoms with van der Waals surface area (Å²) in [5.41, 5.74) is 0.433. The predicted octanol–water partition coefficient (Wildman–Crippen LogP) is 0.206. The van der Waals surface area contributed by atoms with E-state index in [1.165, 1.54) is 18.5 Å². The third-order valence-electron chi connectivity index (χ3n) is 0.978. The highest BCUT2D eigenvalue weighted by atomic mass is 16.6. The van der Waals surface area contributed by atoms with Gasteiger partial charge in [0.1, 0.15) is 6.07 Å². The molecule has 1 rings (SSSR count). The summed E-state index contributed by atoms with van der Waals surface area (Å²) in [5.74, 6) is 5.21. The Morgan fingerprint density at radius 1 is 1.60 bits per heavy atom. The van der Waals surface area contributed by atoms with Crippen LogP contribution in [0.4, 0.5) is 0 Å². The molecule has 0 unspecified atom stereocenters. The lowest BCUT2D eigenvalue weighted by molar-refractivity contribution is 0.333. The van der Waals surface area contributed by atoms with E-state index in [2.05, 4.69) is 9.82 Å². The summed E-state index contributed by atoms with van der Waals surface area (Å²) in [6.07, 6.45) is 2.86. The van der Waals surface area contributed by atoms with Gasteiger partial charge in [-0.15, -0.1) is 0 Å². The molecule has 0 saturated heterocycles. The highest BCUT2D eigenvalue weighted by Gasteiger charge is 1.93. The van der Waals surface area contributed by atoms with Crippen LogP contribution < -0.4 is 10.7 Å². The van der Waals surface area contributed by atoms with E-state index in [0.29, 0.717) is 11.3 Å². The molecular weight excluding hydrogens is 130 g/mol. The Hall–Kier alpha value is -1.60. The van der Waals surface area contributed by atoms with Crippen LogP contribution in [0.5, 0.6) is 5.75 Å². The Morgan fingerprint density at radius 2 is 2.40 bits per heavy atom. The average Bonchev–Trinajstić information content (AvgIpc) is 2.05. The van der Waals surface area contributed by atoms with Crippen molar-refractivity contribution in [2.24, 2.45) is 5.90 Å². The molecule has 1 heterocycles. The van der Waals surface area contributed by atoms with Gasteiger partial charge in [0.15, 0.2) is 5.75 Å². The molecule has 50 valence electrons. The van der Waals surface area contributed by atoms with Crippen molar-refractivity contribution in [3.05, 3.63) is 24.0 Å². The summed E-state index contributed by atoms with van der Waals surface area (Å²) in [6.45, 7) is 0. The first-order valence-electron chi connectivity index (χ1n) is 2.58. The number of rotatable bonds is 1. The molecule has 0 fully saturated rings. The molecule has 1 aromatic rings. The van der Waals surface area contributed by atoms with E-state index in [-0.39, 0.29) is 0 Å². The van der Waals surface area contributed by atoms with Crippen molar-refractivity contribution in [2.75, 3.05) is 0 Å². The van der Waals surface area contributed by atoms with Gasteiger partial charge in [-0.25, -0.2) is 0 Å². The molecule has 0 saturated carbocycles. The van der Waals surface area contributed by atoms with Gasteiger partial charge in [-0.1, -0.05) is 0 Å². The maximum absolute atomic E-state index is 8.37. The van der Waals surface area contributed by atoms with Crippen LogP contribution in [0.1, 0.15) is 5.56 Å². The number of nitriles is 1. The van der Waals surface area contributed by atoms with Gasteiger partial charge in [0, 0.05) is 12.3 Å². The average molecular weight is 135 g/mol. The molecule has 10 heavy (non-hydrogen) atoms. The fraction of sp³-hybridized carbons (Fsp3) is 0. The molecule has 0 amide bonds. The van der Waals surface area contributed by atoms with E-state index in [4.69, 9.17) is 11.2 Å². The standard InChI is InChI=1S/C6H5N3O/c7-2-5-1-6(10-8)4-9-3-5/h1,3-4H,8H2. The molecule has 0 radical (unpaired) electrons. The van der Waals surface area contributed by atoms with Gasteiger partial charge in [0.05, 0.1) is 11.8 Å². The van der Waals surface area contributed by atoms with E-state index >= 15 is 0 Å². The summed E-state index contributed by atoms with van der Waals surface area (Å²) in [4.78, 5) is 8.04. The first kappa shape index (κ1) is 6.52. The minimum atomic E-state index is 0.388. The Morgan fingerprint density at radius 3 is 3.00 bits per heavy atom. The molecule has 4 nitrogen and oxygen atoms in total. The molecular formula is C6H5N3O. The third-order valence-corrected chi connectivity index (χ3v) is 0.978. The van der Waals surface area contributed by atoms with Gasteiger partial charge in [0.2, 0.25) is 0 Å². The summed E-state index contributed by atoms with van der Waals surface area (Å²) in [7, 11) is 0. The van der Waals surface area contributed by atoms with Crippen molar-refractivity contribution >= 4 is 0 Å². The topological polar surface area (TPSA) is 71.9 Å². The van der Waals surface area contributed by atoms with Gasteiger partial charge in [-0.3, -0.25) is 4.98 Å². The summed E-state index contributed by atoms with van der Waals surface area (Å²) in [5, 5.41) is 8.37. The molecule has 0 aromatic carbocycles. The van der Waals surface area contributed by atoms with Gasteiger partial charge in [-0.05, 0) is 0 Å². The SMILES string of the molecule is N#Cc1cncc(ON)c1. The Bertz CT molecular complexity index is 266. The molecule has 0 aliphatic heterocycles.